The molecule has 0 spiro atoms. The molecule has 4 heterocycles. The maximum absolute atomic E-state index is 13.6. The van der Waals surface area contributed by atoms with Gasteiger partial charge in [-0.2, -0.15) is 13.2 Å². The van der Waals surface area contributed by atoms with Crippen molar-refractivity contribution in [2.24, 2.45) is 0 Å². The first-order valence-electron chi connectivity index (χ1n) is 11.4. The number of fused-ring (bicyclic) bond motifs is 1. The third-order valence-electron chi connectivity index (χ3n) is 5.82. The minimum absolute atomic E-state index is 0.0269. The highest BCUT2D eigenvalue weighted by atomic mass is 19.4. The van der Waals surface area contributed by atoms with Gasteiger partial charge >= 0.3 is 6.18 Å². The van der Waals surface area contributed by atoms with Crippen LogP contribution in [-0.4, -0.2) is 56.4 Å². The smallest absolute Gasteiger partial charge is 0.340 e. The molecule has 1 aliphatic rings. The van der Waals surface area contributed by atoms with Crippen molar-refractivity contribution in [1.29, 1.82) is 0 Å². The van der Waals surface area contributed by atoms with E-state index in [4.69, 9.17) is 0 Å². The Balaban J connectivity index is 1.32. The van der Waals surface area contributed by atoms with Crippen LogP contribution in [0.5, 0.6) is 0 Å². The molecule has 1 fully saturated rings. The molecule has 5 rings (SSSR count). The standard InChI is InChI=1S/C24H22F4N8O/c1-13-12-36(7-6-29-13)22(37)14-4-5-30-20(8-14)35-23-33-18-10-21(31-11-19(18)34-23)32-15-2-3-17(25)16(9-15)24(26,27)28/h2-5,8-11,13,29H,6-7,12H2,1H3,(H,31,32)(H2,30,33,34,35)/t13-/m0/s1. The number of hydrogen-bond donors (Lipinski definition) is 4. The van der Waals surface area contributed by atoms with Crippen molar-refractivity contribution in [3.8, 4) is 0 Å². The molecule has 4 N–H and O–H groups in total. The number of nitrogens with zero attached hydrogens (tertiary/aromatic N) is 4. The summed E-state index contributed by atoms with van der Waals surface area (Å²) in [6.45, 7) is 4.00. The molecule has 0 aliphatic carbocycles. The Hall–Kier alpha value is -4.26. The van der Waals surface area contributed by atoms with Gasteiger partial charge in [-0.15, -0.1) is 0 Å². The second-order valence-corrected chi connectivity index (χ2v) is 8.65. The van der Waals surface area contributed by atoms with E-state index >= 15 is 0 Å². The van der Waals surface area contributed by atoms with Gasteiger partial charge < -0.3 is 25.8 Å². The SMILES string of the molecule is C[C@H]1CN(C(=O)c2ccnc(Nc3nc4cc(Nc5ccc(F)c(C(F)(F)F)c5)ncc4[nH]3)c2)CCN1. The monoisotopic (exact) mass is 514 g/mol. The number of pyridine rings is 2. The second kappa shape index (κ2) is 9.65. The number of rotatable bonds is 5. The van der Waals surface area contributed by atoms with Crippen molar-refractivity contribution >= 4 is 40.2 Å². The van der Waals surface area contributed by atoms with Gasteiger partial charge in [0.1, 0.15) is 17.5 Å². The Bertz CT molecular complexity index is 1450. The number of aromatic amines is 1. The lowest BCUT2D eigenvalue weighted by atomic mass is 10.2. The summed E-state index contributed by atoms with van der Waals surface area (Å²) >= 11 is 0. The van der Waals surface area contributed by atoms with E-state index in [2.05, 4.69) is 35.9 Å². The largest absolute Gasteiger partial charge is 0.419 e. The van der Waals surface area contributed by atoms with Crippen LogP contribution < -0.4 is 16.0 Å². The quantitative estimate of drug-likeness (QED) is 0.292. The zero-order valence-corrected chi connectivity index (χ0v) is 19.5. The first-order valence-corrected chi connectivity index (χ1v) is 11.4. The summed E-state index contributed by atoms with van der Waals surface area (Å²) in [6.07, 6.45) is -1.82. The zero-order chi connectivity index (χ0) is 26.2. The topological polar surface area (TPSA) is 111 Å². The number of H-pyrrole nitrogens is 1. The summed E-state index contributed by atoms with van der Waals surface area (Å²) in [6, 6.07) is 7.66. The van der Waals surface area contributed by atoms with E-state index < -0.39 is 17.6 Å². The summed E-state index contributed by atoms with van der Waals surface area (Å²) in [5.74, 6) is -0.473. The molecule has 0 unspecified atom stereocenters. The second-order valence-electron chi connectivity index (χ2n) is 8.65. The molecule has 0 radical (unpaired) electrons. The van der Waals surface area contributed by atoms with Crippen LogP contribution in [0.3, 0.4) is 0 Å². The van der Waals surface area contributed by atoms with Crippen LogP contribution in [0.15, 0.2) is 48.8 Å². The predicted octanol–water partition coefficient (Wildman–Crippen LogP) is 4.43. The highest BCUT2D eigenvalue weighted by Crippen LogP contribution is 2.33. The minimum atomic E-state index is -4.82. The first-order chi connectivity index (χ1) is 17.7. The Labute approximate surface area is 208 Å². The number of carbonyl (C=O) groups excluding carboxylic acids is 1. The number of alkyl halides is 3. The summed E-state index contributed by atoms with van der Waals surface area (Å²) in [5.41, 5.74) is 0.183. The zero-order valence-electron chi connectivity index (χ0n) is 19.5. The molecule has 13 heteroatoms. The molecule has 37 heavy (non-hydrogen) atoms. The van der Waals surface area contributed by atoms with Crippen molar-refractivity contribution in [2.45, 2.75) is 19.1 Å². The van der Waals surface area contributed by atoms with E-state index in [-0.39, 0.29) is 23.5 Å². The van der Waals surface area contributed by atoms with E-state index in [1.807, 2.05) is 6.92 Å². The van der Waals surface area contributed by atoms with Gasteiger partial charge in [0.2, 0.25) is 5.95 Å². The molecule has 1 atom stereocenters. The number of amides is 1. The normalized spacial score (nSPS) is 16.1. The van der Waals surface area contributed by atoms with Gasteiger partial charge in [-0.3, -0.25) is 4.79 Å². The molecule has 9 nitrogen and oxygen atoms in total. The van der Waals surface area contributed by atoms with Crippen molar-refractivity contribution in [3.05, 3.63) is 65.7 Å². The molecule has 1 aliphatic heterocycles. The van der Waals surface area contributed by atoms with Gasteiger partial charge in [0.05, 0.1) is 22.8 Å². The van der Waals surface area contributed by atoms with Crippen LogP contribution in [0.1, 0.15) is 22.8 Å². The van der Waals surface area contributed by atoms with E-state index in [1.54, 1.807) is 17.0 Å². The van der Waals surface area contributed by atoms with Crippen LogP contribution in [0, 0.1) is 5.82 Å². The molecular weight excluding hydrogens is 492 g/mol. The van der Waals surface area contributed by atoms with E-state index in [0.717, 1.165) is 12.6 Å². The number of halogens is 4. The average molecular weight is 514 g/mol. The Morgan fingerprint density at radius 2 is 1.92 bits per heavy atom. The number of nitrogens with one attached hydrogen (secondary N) is 4. The number of carbonyl (C=O) groups is 1. The number of piperazine rings is 1. The van der Waals surface area contributed by atoms with Crippen LogP contribution >= 0.6 is 0 Å². The van der Waals surface area contributed by atoms with Gasteiger partial charge in [0.15, 0.2) is 0 Å². The van der Waals surface area contributed by atoms with Crippen molar-refractivity contribution in [1.82, 2.24) is 30.2 Å². The molecule has 1 amide bonds. The lowest BCUT2D eigenvalue weighted by Crippen LogP contribution is -2.51. The number of anilines is 4. The van der Waals surface area contributed by atoms with Crippen molar-refractivity contribution in [3.63, 3.8) is 0 Å². The van der Waals surface area contributed by atoms with Crippen molar-refractivity contribution < 1.29 is 22.4 Å². The van der Waals surface area contributed by atoms with Gasteiger partial charge in [0.25, 0.3) is 5.91 Å². The summed E-state index contributed by atoms with van der Waals surface area (Å²) < 4.78 is 52.6. The maximum atomic E-state index is 13.6. The highest BCUT2D eigenvalue weighted by Gasteiger charge is 2.34. The number of hydrogen-bond acceptors (Lipinski definition) is 7. The molecule has 0 saturated carbocycles. The molecule has 3 aromatic heterocycles. The lowest BCUT2D eigenvalue weighted by Gasteiger charge is -2.32. The average Bonchev–Trinajstić information content (AvgIpc) is 3.25. The van der Waals surface area contributed by atoms with Crippen LogP contribution in [0.2, 0.25) is 0 Å². The number of benzene rings is 1. The van der Waals surface area contributed by atoms with Gasteiger partial charge in [-0.1, -0.05) is 0 Å². The molecular formula is C24H22F4N8O. The fourth-order valence-electron chi connectivity index (χ4n) is 4.06. The lowest BCUT2D eigenvalue weighted by molar-refractivity contribution is -0.139. The Morgan fingerprint density at radius 1 is 1.11 bits per heavy atom. The highest BCUT2D eigenvalue weighted by molar-refractivity contribution is 5.95. The Kier molecular flexibility index (Phi) is 6.38. The summed E-state index contributed by atoms with van der Waals surface area (Å²) in [4.78, 5) is 30.6. The van der Waals surface area contributed by atoms with Crippen LogP contribution in [0.4, 0.5) is 40.8 Å². The van der Waals surface area contributed by atoms with Crippen LogP contribution in [0.25, 0.3) is 11.0 Å². The van der Waals surface area contributed by atoms with Gasteiger partial charge in [0, 0.05) is 49.2 Å². The minimum Gasteiger partial charge on any atom is -0.340 e. The molecule has 192 valence electrons. The summed E-state index contributed by atoms with van der Waals surface area (Å²) in [7, 11) is 0. The fourth-order valence-corrected chi connectivity index (χ4v) is 4.06. The maximum Gasteiger partial charge on any atom is 0.419 e. The van der Waals surface area contributed by atoms with Gasteiger partial charge in [-0.25, -0.2) is 19.3 Å². The first kappa shape index (κ1) is 24.4. The van der Waals surface area contributed by atoms with Gasteiger partial charge in [-0.05, 0) is 37.3 Å². The molecule has 0 bridgehead atoms. The van der Waals surface area contributed by atoms with Crippen LogP contribution in [-0.2, 0) is 6.18 Å². The van der Waals surface area contributed by atoms with E-state index in [9.17, 15) is 22.4 Å². The third kappa shape index (κ3) is 5.45. The number of aromatic nitrogens is 4. The molecule has 4 aromatic rings. The van der Waals surface area contributed by atoms with Crippen molar-refractivity contribution in [2.75, 3.05) is 30.3 Å². The summed E-state index contributed by atoms with van der Waals surface area (Å²) in [5, 5.41) is 9.06. The van der Waals surface area contributed by atoms with E-state index in [1.165, 1.54) is 24.5 Å². The molecule has 1 saturated heterocycles. The molecule has 1 aromatic carbocycles. The third-order valence-corrected chi connectivity index (χ3v) is 5.82. The van der Waals surface area contributed by atoms with E-state index in [0.29, 0.717) is 47.5 Å². The Morgan fingerprint density at radius 3 is 2.70 bits per heavy atom. The fraction of sp³-hybridized carbons (Fsp3) is 0.250. The number of imidazole rings is 1. The predicted molar refractivity (Wildman–Crippen MR) is 129 cm³/mol.